The van der Waals surface area contributed by atoms with Crippen molar-refractivity contribution in [2.24, 2.45) is 0 Å². The number of benzene rings is 5. The highest BCUT2D eigenvalue weighted by Gasteiger charge is 2.36. The molecule has 0 fully saturated rings. The molecule has 5 heteroatoms. The van der Waals surface area contributed by atoms with Crippen molar-refractivity contribution in [1.29, 1.82) is 0 Å². The maximum atomic E-state index is 13.2. The van der Waals surface area contributed by atoms with Gasteiger partial charge >= 0.3 is 0 Å². The quantitative estimate of drug-likeness (QED) is 0.175. The summed E-state index contributed by atoms with van der Waals surface area (Å²) >= 11 is 0. The third-order valence-corrected chi connectivity index (χ3v) is 6.40. The predicted octanol–water partition coefficient (Wildman–Crippen LogP) is 7.78. The summed E-state index contributed by atoms with van der Waals surface area (Å²) < 4.78 is 11.9. The van der Waals surface area contributed by atoms with Crippen molar-refractivity contribution < 1.29 is 19.1 Å². The van der Waals surface area contributed by atoms with Gasteiger partial charge in [-0.15, -0.1) is 0 Å². The van der Waals surface area contributed by atoms with Crippen LogP contribution in [-0.4, -0.2) is 11.8 Å². The second-order valence-corrected chi connectivity index (χ2v) is 9.31. The average Bonchev–Trinajstić information content (AvgIpc) is 3.23. The van der Waals surface area contributed by atoms with Crippen LogP contribution in [0.3, 0.4) is 0 Å². The lowest BCUT2D eigenvalue weighted by Gasteiger charge is -2.15. The fourth-order valence-corrected chi connectivity index (χ4v) is 4.36. The van der Waals surface area contributed by atoms with Crippen molar-refractivity contribution in [1.82, 2.24) is 0 Å². The molecule has 1 aliphatic heterocycles. The second kappa shape index (κ2) is 10.6. The molecule has 0 radical (unpaired) electrons. The molecule has 192 valence electrons. The Morgan fingerprint density at radius 2 is 1.12 bits per heavy atom. The molecule has 5 aromatic rings. The molecule has 0 N–H and O–H groups in total. The van der Waals surface area contributed by atoms with Gasteiger partial charge < -0.3 is 9.47 Å². The van der Waals surface area contributed by atoms with Gasteiger partial charge in [-0.25, -0.2) is 4.90 Å². The Morgan fingerprint density at radius 3 is 1.80 bits per heavy atom. The number of carbonyl (C=O) groups excluding carboxylic acids is 2. The Hall–Kier alpha value is -5.60. The SMILES string of the molecule is Cc1ccc(Oc2cccc(Oc3ccc(N4C(=O)c5ccc(C#Cc6ccccc6)cc5C4=O)cc3)c2)cc1. The van der Waals surface area contributed by atoms with Crippen molar-refractivity contribution in [2.45, 2.75) is 6.92 Å². The Kier molecular flexibility index (Phi) is 6.58. The van der Waals surface area contributed by atoms with Gasteiger partial charge in [-0.05, 0) is 85.8 Å². The van der Waals surface area contributed by atoms with E-state index in [1.54, 1.807) is 48.5 Å². The molecule has 5 aromatic carbocycles. The van der Waals surface area contributed by atoms with E-state index in [0.29, 0.717) is 39.6 Å². The minimum Gasteiger partial charge on any atom is -0.457 e. The van der Waals surface area contributed by atoms with Gasteiger partial charge in [-0.1, -0.05) is 53.8 Å². The molecule has 1 aliphatic rings. The summed E-state index contributed by atoms with van der Waals surface area (Å²) in [5.74, 6) is 7.97. The van der Waals surface area contributed by atoms with Gasteiger partial charge in [-0.3, -0.25) is 9.59 Å². The van der Waals surface area contributed by atoms with Crippen LogP contribution in [-0.2, 0) is 0 Å². The summed E-state index contributed by atoms with van der Waals surface area (Å²) in [5, 5.41) is 0. The Labute approximate surface area is 232 Å². The molecular formula is C35H23NO4. The first-order valence-corrected chi connectivity index (χ1v) is 12.8. The Morgan fingerprint density at radius 1 is 0.525 bits per heavy atom. The lowest BCUT2D eigenvalue weighted by molar-refractivity contribution is 0.0926. The molecule has 40 heavy (non-hydrogen) atoms. The summed E-state index contributed by atoms with van der Waals surface area (Å²) in [4.78, 5) is 27.5. The number of hydrogen-bond acceptors (Lipinski definition) is 4. The molecule has 0 bridgehead atoms. The van der Waals surface area contributed by atoms with Gasteiger partial charge in [0.05, 0.1) is 16.8 Å². The molecule has 0 saturated heterocycles. The standard InChI is InChI=1S/C35H23NO4/c1-24-10-17-28(18-11-24)39-30-8-5-9-31(23-30)40-29-19-15-27(16-20-29)36-34(37)32-21-14-26(22-33(32)35(36)38)13-12-25-6-3-2-4-7-25/h2-11,14-23H,1H3. The summed E-state index contributed by atoms with van der Waals surface area (Å²) in [6.45, 7) is 2.02. The van der Waals surface area contributed by atoms with Crippen molar-refractivity contribution in [3.63, 3.8) is 0 Å². The number of amides is 2. The summed E-state index contributed by atoms with van der Waals surface area (Å²) in [6.07, 6.45) is 0. The van der Waals surface area contributed by atoms with Gasteiger partial charge in [0.2, 0.25) is 0 Å². The molecule has 0 saturated carbocycles. The summed E-state index contributed by atoms with van der Waals surface area (Å²) in [6, 6.07) is 36.7. The monoisotopic (exact) mass is 521 g/mol. The van der Waals surface area contributed by atoms with E-state index in [1.807, 2.05) is 79.7 Å². The van der Waals surface area contributed by atoms with Crippen molar-refractivity contribution >= 4 is 17.5 Å². The molecular weight excluding hydrogens is 498 g/mol. The molecule has 5 nitrogen and oxygen atoms in total. The van der Waals surface area contributed by atoms with Gasteiger partial charge in [0.25, 0.3) is 11.8 Å². The lowest BCUT2D eigenvalue weighted by Crippen LogP contribution is -2.29. The highest BCUT2D eigenvalue weighted by Crippen LogP contribution is 2.32. The summed E-state index contributed by atoms with van der Waals surface area (Å²) in [5.41, 5.74) is 3.87. The van der Waals surface area contributed by atoms with Crippen molar-refractivity contribution in [3.8, 4) is 34.8 Å². The first-order valence-electron chi connectivity index (χ1n) is 12.8. The number of rotatable bonds is 5. The van der Waals surface area contributed by atoms with E-state index in [1.165, 1.54) is 4.90 Å². The van der Waals surface area contributed by atoms with E-state index in [2.05, 4.69) is 11.8 Å². The van der Waals surface area contributed by atoms with E-state index in [0.717, 1.165) is 16.9 Å². The fourth-order valence-electron chi connectivity index (χ4n) is 4.36. The average molecular weight is 522 g/mol. The third kappa shape index (κ3) is 5.20. The zero-order chi connectivity index (χ0) is 27.5. The van der Waals surface area contributed by atoms with E-state index in [9.17, 15) is 9.59 Å². The van der Waals surface area contributed by atoms with Crippen molar-refractivity contribution in [3.05, 3.63) is 149 Å². The predicted molar refractivity (Wildman–Crippen MR) is 154 cm³/mol. The normalized spacial score (nSPS) is 12.0. The van der Waals surface area contributed by atoms with Crippen LogP contribution in [0.15, 0.2) is 121 Å². The maximum Gasteiger partial charge on any atom is 0.266 e. The molecule has 0 aliphatic carbocycles. The number of fused-ring (bicyclic) bond motifs is 1. The number of carbonyl (C=O) groups is 2. The smallest absolute Gasteiger partial charge is 0.266 e. The first-order chi connectivity index (χ1) is 19.5. The van der Waals surface area contributed by atoms with Gasteiger partial charge in [-0.2, -0.15) is 0 Å². The van der Waals surface area contributed by atoms with Crippen LogP contribution in [0, 0.1) is 18.8 Å². The number of hydrogen-bond donors (Lipinski definition) is 0. The molecule has 1 heterocycles. The largest absolute Gasteiger partial charge is 0.457 e. The zero-order valence-corrected chi connectivity index (χ0v) is 21.6. The third-order valence-electron chi connectivity index (χ3n) is 6.40. The zero-order valence-electron chi connectivity index (χ0n) is 21.6. The molecule has 0 spiro atoms. The fraction of sp³-hybridized carbons (Fsp3) is 0.0286. The summed E-state index contributed by atoms with van der Waals surface area (Å²) in [7, 11) is 0. The molecule has 0 aromatic heterocycles. The van der Waals surface area contributed by atoms with E-state index in [-0.39, 0.29) is 11.8 Å². The minimum atomic E-state index is -0.377. The number of nitrogens with zero attached hydrogens (tertiary/aromatic N) is 1. The van der Waals surface area contributed by atoms with Crippen LogP contribution >= 0.6 is 0 Å². The maximum absolute atomic E-state index is 13.2. The highest BCUT2D eigenvalue weighted by molar-refractivity contribution is 6.34. The van der Waals surface area contributed by atoms with Crippen LogP contribution < -0.4 is 14.4 Å². The van der Waals surface area contributed by atoms with Gasteiger partial charge in [0.1, 0.15) is 23.0 Å². The molecule has 0 atom stereocenters. The molecule has 6 rings (SSSR count). The number of anilines is 1. The van der Waals surface area contributed by atoms with Gasteiger partial charge in [0.15, 0.2) is 0 Å². The number of ether oxygens (including phenoxy) is 2. The Balaban J connectivity index is 1.16. The van der Waals surface area contributed by atoms with E-state index >= 15 is 0 Å². The van der Waals surface area contributed by atoms with Gasteiger partial charge in [0, 0.05) is 17.2 Å². The molecule has 0 unspecified atom stereocenters. The lowest BCUT2D eigenvalue weighted by atomic mass is 10.1. The highest BCUT2D eigenvalue weighted by atomic mass is 16.5. The van der Waals surface area contributed by atoms with E-state index < -0.39 is 0 Å². The van der Waals surface area contributed by atoms with Crippen molar-refractivity contribution in [2.75, 3.05) is 4.90 Å². The second-order valence-electron chi connectivity index (χ2n) is 9.31. The number of imide groups is 1. The van der Waals surface area contributed by atoms with Crippen LogP contribution in [0.5, 0.6) is 23.0 Å². The minimum absolute atomic E-state index is 0.343. The van der Waals surface area contributed by atoms with Crippen LogP contribution in [0.4, 0.5) is 5.69 Å². The Bertz CT molecular complexity index is 1780. The first kappa shape index (κ1) is 24.7. The molecule has 2 amide bonds. The van der Waals surface area contributed by atoms with E-state index in [4.69, 9.17) is 9.47 Å². The van der Waals surface area contributed by atoms with Crippen LogP contribution in [0.2, 0.25) is 0 Å². The van der Waals surface area contributed by atoms with Crippen LogP contribution in [0.1, 0.15) is 37.4 Å². The topological polar surface area (TPSA) is 55.8 Å². The number of aryl methyl sites for hydroxylation is 1. The van der Waals surface area contributed by atoms with Crippen LogP contribution in [0.25, 0.3) is 0 Å².